The zero-order chi connectivity index (χ0) is 11.5. The molecule has 0 aliphatic heterocycles. The summed E-state index contributed by atoms with van der Waals surface area (Å²) < 4.78 is 5.13. The third kappa shape index (κ3) is 3.07. The molecule has 1 aromatic heterocycles. The van der Waals surface area contributed by atoms with Crippen LogP contribution in [0, 0.1) is 0 Å². The van der Waals surface area contributed by atoms with Crippen LogP contribution in [0.3, 0.4) is 0 Å². The van der Waals surface area contributed by atoms with Gasteiger partial charge in [-0.25, -0.2) is 4.79 Å². The number of aliphatic hydroxyl groups is 1. The second-order valence-corrected chi connectivity index (χ2v) is 3.70. The monoisotopic (exact) mass is 213 g/mol. The Balaban J connectivity index is 2.47. The van der Waals surface area contributed by atoms with E-state index in [-0.39, 0.29) is 12.6 Å². The Morgan fingerprint density at radius 3 is 2.87 bits per heavy atom. The lowest BCUT2D eigenvalue weighted by Crippen LogP contribution is -2.45. The van der Waals surface area contributed by atoms with Crippen LogP contribution in [0.5, 0.6) is 0 Å². The highest BCUT2D eigenvalue weighted by molar-refractivity contribution is 5.76. The maximum Gasteiger partial charge on any atom is 0.336 e. The zero-order valence-electron chi connectivity index (χ0n) is 8.73. The van der Waals surface area contributed by atoms with Crippen LogP contribution in [0.4, 0.5) is 0 Å². The Kier molecular flexibility index (Phi) is 3.49. The molecule has 2 atom stereocenters. The minimum absolute atomic E-state index is 0.0375. The van der Waals surface area contributed by atoms with Crippen molar-refractivity contribution in [3.63, 3.8) is 0 Å². The summed E-state index contributed by atoms with van der Waals surface area (Å²) in [4.78, 5) is 10.6. The Morgan fingerprint density at radius 1 is 1.73 bits per heavy atom. The molecular formula is C10H15NO4. The van der Waals surface area contributed by atoms with Crippen molar-refractivity contribution in [2.24, 2.45) is 0 Å². The van der Waals surface area contributed by atoms with Gasteiger partial charge in [-0.1, -0.05) is 0 Å². The van der Waals surface area contributed by atoms with Gasteiger partial charge in [-0.05, 0) is 26.0 Å². The van der Waals surface area contributed by atoms with Gasteiger partial charge >= 0.3 is 5.97 Å². The molecule has 1 rings (SSSR count). The van der Waals surface area contributed by atoms with E-state index < -0.39 is 11.6 Å². The number of carboxylic acid groups (broad SMARTS) is 1. The van der Waals surface area contributed by atoms with Crippen LogP contribution in [0.25, 0.3) is 0 Å². The standard InChI is InChI=1S/C10H15NO4/c1-7(8-4-3-5-15-8)11-6-10(2,14)9(12)13/h3-5,7,11,14H,6H2,1-2H3,(H,12,13). The SMILES string of the molecule is CC(NCC(C)(O)C(=O)O)c1ccco1. The van der Waals surface area contributed by atoms with E-state index in [9.17, 15) is 9.90 Å². The lowest BCUT2D eigenvalue weighted by molar-refractivity contribution is -0.156. The number of carboxylic acids is 1. The van der Waals surface area contributed by atoms with Crippen molar-refractivity contribution >= 4 is 5.97 Å². The number of furan rings is 1. The minimum Gasteiger partial charge on any atom is -0.479 e. The highest BCUT2D eigenvalue weighted by Gasteiger charge is 2.30. The number of rotatable bonds is 5. The van der Waals surface area contributed by atoms with E-state index in [1.165, 1.54) is 6.92 Å². The number of carbonyl (C=O) groups is 1. The summed E-state index contributed by atoms with van der Waals surface area (Å²) in [7, 11) is 0. The van der Waals surface area contributed by atoms with Crippen LogP contribution >= 0.6 is 0 Å². The fourth-order valence-corrected chi connectivity index (χ4v) is 1.07. The fraction of sp³-hybridized carbons (Fsp3) is 0.500. The molecular weight excluding hydrogens is 198 g/mol. The number of nitrogens with one attached hydrogen (secondary N) is 1. The third-order valence-corrected chi connectivity index (χ3v) is 2.18. The number of hydrogen-bond acceptors (Lipinski definition) is 4. The van der Waals surface area contributed by atoms with Crippen LogP contribution in [-0.4, -0.2) is 28.3 Å². The zero-order valence-corrected chi connectivity index (χ0v) is 8.73. The van der Waals surface area contributed by atoms with Crippen molar-refractivity contribution in [2.75, 3.05) is 6.54 Å². The van der Waals surface area contributed by atoms with Gasteiger partial charge in [0.15, 0.2) is 5.60 Å². The minimum atomic E-state index is -1.76. The van der Waals surface area contributed by atoms with E-state index in [4.69, 9.17) is 9.52 Å². The first kappa shape index (κ1) is 11.7. The molecule has 0 amide bonds. The Bertz CT molecular complexity index is 318. The Hall–Kier alpha value is -1.33. The molecule has 5 nitrogen and oxygen atoms in total. The van der Waals surface area contributed by atoms with Gasteiger partial charge in [0.2, 0.25) is 0 Å². The molecule has 0 saturated heterocycles. The predicted molar refractivity (Wildman–Crippen MR) is 53.4 cm³/mol. The molecule has 5 heteroatoms. The molecule has 0 radical (unpaired) electrons. The second-order valence-electron chi connectivity index (χ2n) is 3.70. The number of aliphatic carboxylic acids is 1. The highest BCUT2D eigenvalue weighted by atomic mass is 16.4. The van der Waals surface area contributed by atoms with Crippen molar-refractivity contribution in [2.45, 2.75) is 25.5 Å². The van der Waals surface area contributed by atoms with Gasteiger partial charge in [0, 0.05) is 6.54 Å². The van der Waals surface area contributed by atoms with Gasteiger partial charge in [0.25, 0.3) is 0 Å². The second kappa shape index (κ2) is 4.46. The summed E-state index contributed by atoms with van der Waals surface area (Å²) in [5.74, 6) is -0.544. The molecule has 0 aromatic carbocycles. The third-order valence-electron chi connectivity index (χ3n) is 2.18. The van der Waals surface area contributed by atoms with Gasteiger partial charge in [-0.3, -0.25) is 0 Å². The molecule has 84 valence electrons. The van der Waals surface area contributed by atoms with E-state index in [1.54, 1.807) is 18.4 Å². The molecule has 0 fully saturated rings. The van der Waals surface area contributed by atoms with Crippen LogP contribution < -0.4 is 5.32 Å². The van der Waals surface area contributed by atoms with Crippen molar-refractivity contribution in [3.8, 4) is 0 Å². The van der Waals surface area contributed by atoms with Crippen LogP contribution in [-0.2, 0) is 4.79 Å². The first-order valence-corrected chi connectivity index (χ1v) is 4.66. The van der Waals surface area contributed by atoms with Gasteiger partial charge in [-0.2, -0.15) is 0 Å². The van der Waals surface area contributed by atoms with Gasteiger partial charge < -0.3 is 19.9 Å². The molecule has 15 heavy (non-hydrogen) atoms. The molecule has 3 N–H and O–H groups in total. The summed E-state index contributed by atoms with van der Waals surface area (Å²) in [6.45, 7) is 3.04. The van der Waals surface area contributed by atoms with Gasteiger partial charge in [-0.15, -0.1) is 0 Å². The molecule has 1 heterocycles. The molecule has 1 aromatic rings. The summed E-state index contributed by atoms with van der Waals surface area (Å²) in [6, 6.07) is 3.40. The van der Waals surface area contributed by atoms with E-state index in [0.29, 0.717) is 5.76 Å². The Labute approximate surface area is 87.7 Å². The lowest BCUT2D eigenvalue weighted by atomic mass is 10.1. The Morgan fingerprint density at radius 2 is 2.40 bits per heavy atom. The molecule has 2 unspecified atom stereocenters. The number of hydrogen-bond donors (Lipinski definition) is 3. The maximum atomic E-state index is 10.6. The highest BCUT2D eigenvalue weighted by Crippen LogP contribution is 2.13. The van der Waals surface area contributed by atoms with Crippen LogP contribution in [0.1, 0.15) is 25.6 Å². The summed E-state index contributed by atoms with van der Waals surface area (Å²) in [5, 5.41) is 21.0. The van der Waals surface area contributed by atoms with Crippen LogP contribution in [0.15, 0.2) is 22.8 Å². The topological polar surface area (TPSA) is 82.7 Å². The summed E-state index contributed by atoms with van der Waals surface area (Å²) in [6.07, 6.45) is 1.54. The molecule has 0 saturated carbocycles. The molecule has 0 aliphatic rings. The average Bonchev–Trinajstić information content (AvgIpc) is 2.66. The average molecular weight is 213 g/mol. The smallest absolute Gasteiger partial charge is 0.336 e. The largest absolute Gasteiger partial charge is 0.479 e. The van der Waals surface area contributed by atoms with E-state index in [1.807, 2.05) is 6.92 Å². The molecule has 0 aliphatic carbocycles. The van der Waals surface area contributed by atoms with Crippen molar-refractivity contribution in [1.29, 1.82) is 0 Å². The van der Waals surface area contributed by atoms with Crippen molar-refractivity contribution in [1.82, 2.24) is 5.32 Å². The first-order chi connectivity index (χ1) is 6.93. The van der Waals surface area contributed by atoms with Gasteiger partial charge in [0.1, 0.15) is 5.76 Å². The molecule has 0 bridgehead atoms. The van der Waals surface area contributed by atoms with Crippen molar-refractivity contribution in [3.05, 3.63) is 24.2 Å². The van der Waals surface area contributed by atoms with Crippen molar-refractivity contribution < 1.29 is 19.4 Å². The summed E-state index contributed by atoms with van der Waals surface area (Å²) >= 11 is 0. The molecule has 0 spiro atoms. The predicted octanol–water partition coefficient (Wildman–Crippen LogP) is 0.766. The normalized spacial score (nSPS) is 17.0. The van der Waals surface area contributed by atoms with E-state index in [2.05, 4.69) is 5.32 Å². The van der Waals surface area contributed by atoms with Gasteiger partial charge in [0.05, 0.1) is 12.3 Å². The lowest BCUT2D eigenvalue weighted by Gasteiger charge is -2.20. The quantitative estimate of drug-likeness (QED) is 0.672. The fourth-order valence-electron chi connectivity index (χ4n) is 1.07. The first-order valence-electron chi connectivity index (χ1n) is 4.66. The van der Waals surface area contributed by atoms with Crippen LogP contribution in [0.2, 0.25) is 0 Å². The van der Waals surface area contributed by atoms with E-state index >= 15 is 0 Å². The summed E-state index contributed by atoms with van der Waals surface area (Å²) in [5.41, 5.74) is -1.76. The van der Waals surface area contributed by atoms with E-state index in [0.717, 1.165) is 0 Å². The maximum absolute atomic E-state index is 10.6.